The van der Waals surface area contributed by atoms with Crippen molar-refractivity contribution in [1.29, 1.82) is 0 Å². The second kappa shape index (κ2) is 7.91. The van der Waals surface area contributed by atoms with Gasteiger partial charge in [0, 0.05) is 0 Å². The molecule has 0 aromatic heterocycles. The van der Waals surface area contributed by atoms with Crippen LogP contribution in [0.3, 0.4) is 0 Å². The summed E-state index contributed by atoms with van der Waals surface area (Å²) >= 11 is 0. The van der Waals surface area contributed by atoms with Crippen LogP contribution < -0.4 is 0 Å². The van der Waals surface area contributed by atoms with E-state index in [0.29, 0.717) is 25.7 Å². The summed E-state index contributed by atoms with van der Waals surface area (Å²) in [5, 5.41) is 8.90. The molecule has 0 saturated carbocycles. The Bertz CT molecular complexity index is 247. The highest BCUT2D eigenvalue weighted by atomic mass is 16.5. The largest absolute Gasteiger partial charge is 0.481 e. The number of hydrogen-bond donors (Lipinski definition) is 1. The van der Waals surface area contributed by atoms with Gasteiger partial charge >= 0.3 is 11.9 Å². The number of carbonyl (C=O) groups excluding carboxylic acids is 1. The molecule has 0 spiro atoms. The van der Waals surface area contributed by atoms with Crippen LogP contribution in [0.1, 0.15) is 39.5 Å². The third kappa shape index (κ3) is 5.53. The summed E-state index contributed by atoms with van der Waals surface area (Å²) in [5.74, 6) is -2.79. The van der Waals surface area contributed by atoms with Crippen molar-refractivity contribution in [3.05, 3.63) is 12.7 Å². The molecule has 0 fully saturated rings. The first kappa shape index (κ1) is 14.7. The zero-order valence-corrected chi connectivity index (χ0v) is 9.94. The van der Waals surface area contributed by atoms with Crippen molar-refractivity contribution >= 4 is 11.9 Å². The minimum atomic E-state index is -1.11. The van der Waals surface area contributed by atoms with Gasteiger partial charge in [0.2, 0.25) is 0 Å². The molecule has 0 radical (unpaired) electrons. The van der Waals surface area contributed by atoms with Gasteiger partial charge in [-0.15, -0.1) is 6.58 Å². The van der Waals surface area contributed by atoms with Crippen LogP contribution in [0.2, 0.25) is 0 Å². The summed E-state index contributed by atoms with van der Waals surface area (Å²) in [7, 11) is 0. The Morgan fingerprint density at radius 2 is 2.12 bits per heavy atom. The summed E-state index contributed by atoms with van der Waals surface area (Å²) in [5.41, 5.74) is 0. The first-order valence-electron chi connectivity index (χ1n) is 5.57. The van der Waals surface area contributed by atoms with Crippen LogP contribution in [-0.2, 0) is 14.3 Å². The van der Waals surface area contributed by atoms with E-state index in [9.17, 15) is 9.59 Å². The van der Waals surface area contributed by atoms with Gasteiger partial charge in [0.05, 0.1) is 6.10 Å². The minimum Gasteiger partial charge on any atom is -0.481 e. The van der Waals surface area contributed by atoms with Crippen molar-refractivity contribution in [3.8, 4) is 0 Å². The van der Waals surface area contributed by atoms with Gasteiger partial charge in [-0.05, 0) is 32.6 Å². The Morgan fingerprint density at radius 3 is 2.56 bits per heavy atom. The maximum Gasteiger partial charge on any atom is 0.320 e. The number of unbranched alkanes of at least 4 members (excludes halogenated alkanes) is 1. The molecule has 0 aliphatic heterocycles. The van der Waals surface area contributed by atoms with E-state index < -0.39 is 17.9 Å². The van der Waals surface area contributed by atoms with E-state index in [1.165, 1.54) is 0 Å². The SMILES string of the molecule is C=CCCCC(C(=O)O)C(=O)OC(C)CC. The fourth-order valence-electron chi connectivity index (χ4n) is 1.17. The summed E-state index contributed by atoms with van der Waals surface area (Å²) < 4.78 is 5.01. The zero-order valence-electron chi connectivity index (χ0n) is 9.94. The van der Waals surface area contributed by atoms with Crippen molar-refractivity contribution in [2.75, 3.05) is 0 Å². The van der Waals surface area contributed by atoms with Crippen LogP contribution in [0.25, 0.3) is 0 Å². The topological polar surface area (TPSA) is 63.6 Å². The van der Waals surface area contributed by atoms with E-state index in [0.717, 1.165) is 0 Å². The molecule has 0 aliphatic rings. The molecule has 92 valence electrons. The van der Waals surface area contributed by atoms with Crippen molar-refractivity contribution in [2.45, 2.75) is 45.6 Å². The Hall–Kier alpha value is -1.32. The fourth-order valence-corrected chi connectivity index (χ4v) is 1.17. The van der Waals surface area contributed by atoms with Gasteiger partial charge in [0.25, 0.3) is 0 Å². The molecule has 1 N–H and O–H groups in total. The normalized spacial score (nSPS) is 13.9. The van der Waals surface area contributed by atoms with E-state index >= 15 is 0 Å². The Morgan fingerprint density at radius 1 is 1.50 bits per heavy atom. The molecule has 4 nitrogen and oxygen atoms in total. The minimum absolute atomic E-state index is 0.228. The monoisotopic (exact) mass is 228 g/mol. The van der Waals surface area contributed by atoms with Crippen molar-refractivity contribution in [3.63, 3.8) is 0 Å². The highest BCUT2D eigenvalue weighted by Crippen LogP contribution is 2.13. The lowest BCUT2D eigenvalue weighted by atomic mass is 10.0. The maximum atomic E-state index is 11.5. The zero-order chi connectivity index (χ0) is 12.6. The number of hydrogen-bond acceptors (Lipinski definition) is 3. The molecule has 0 aliphatic carbocycles. The van der Waals surface area contributed by atoms with E-state index in [4.69, 9.17) is 9.84 Å². The summed E-state index contributed by atoms with van der Waals surface area (Å²) in [6, 6.07) is 0. The van der Waals surface area contributed by atoms with Crippen LogP contribution >= 0.6 is 0 Å². The smallest absolute Gasteiger partial charge is 0.320 e. The predicted molar refractivity (Wildman–Crippen MR) is 61.0 cm³/mol. The average molecular weight is 228 g/mol. The van der Waals surface area contributed by atoms with Gasteiger partial charge in [0.1, 0.15) is 0 Å². The molecule has 4 heteroatoms. The summed E-state index contributed by atoms with van der Waals surface area (Å²) in [4.78, 5) is 22.4. The number of esters is 1. The quantitative estimate of drug-likeness (QED) is 0.300. The number of rotatable bonds is 8. The molecule has 0 bridgehead atoms. The highest BCUT2D eigenvalue weighted by Gasteiger charge is 2.28. The summed E-state index contributed by atoms with van der Waals surface area (Å²) in [6.45, 7) is 7.18. The standard InChI is InChI=1S/C12H20O4/c1-4-6-7-8-10(11(13)14)12(15)16-9(3)5-2/h4,9-10H,1,5-8H2,2-3H3,(H,13,14). The molecule has 2 unspecified atom stereocenters. The third-order valence-electron chi connectivity index (χ3n) is 2.38. The average Bonchev–Trinajstić information content (AvgIpc) is 2.23. The second-order valence-corrected chi connectivity index (χ2v) is 3.77. The lowest BCUT2D eigenvalue weighted by Crippen LogP contribution is -2.28. The second-order valence-electron chi connectivity index (χ2n) is 3.77. The van der Waals surface area contributed by atoms with E-state index in [1.807, 2.05) is 6.92 Å². The van der Waals surface area contributed by atoms with Crippen molar-refractivity contribution < 1.29 is 19.4 Å². The molecule has 0 aromatic rings. The number of ether oxygens (including phenoxy) is 1. The Balaban J connectivity index is 4.24. The van der Waals surface area contributed by atoms with Gasteiger partial charge in [-0.3, -0.25) is 9.59 Å². The number of allylic oxidation sites excluding steroid dienone is 1. The van der Waals surface area contributed by atoms with Gasteiger partial charge < -0.3 is 9.84 Å². The van der Waals surface area contributed by atoms with Gasteiger partial charge in [0.15, 0.2) is 5.92 Å². The number of aliphatic carboxylic acids is 1. The highest BCUT2D eigenvalue weighted by molar-refractivity contribution is 5.93. The first-order valence-corrected chi connectivity index (χ1v) is 5.57. The van der Waals surface area contributed by atoms with Crippen molar-refractivity contribution in [2.24, 2.45) is 5.92 Å². The van der Waals surface area contributed by atoms with Gasteiger partial charge in [-0.2, -0.15) is 0 Å². The molecule has 0 saturated heterocycles. The van der Waals surface area contributed by atoms with E-state index in [2.05, 4.69) is 6.58 Å². The van der Waals surface area contributed by atoms with Crippen LogP contribution in [0, 0.1) is 5.92 Å². The van der Waals surface area contributed by atoms with Crippen LogP contribution in [0.4, 0.5) is 0 Å². The van der Waals surface area contributed by atoms with E-state index in [1.54, 1.807) is 13.0 Å². The number of carbonyl (C=O) groups is 2. The van der Waals surface area contributed by atoms with E-state index in [-0.39, 0.29) is 6.10 Å². The van der Waals surface area contributed by atoms with Gasteiger partial charge in [-0.1, -0.05) is 13.0 Å². The Labute approximate surface area is 96.3 Å². The lowest BCUT2D eigenvalue weighted by Gasteiger charge is -2.15. The molecule has 0 rings (SSSR count). The van der Waals surface area contributed by atoms with Crippen LogP contribution in [0.5, 0.6) is 0 Å². The first-order chi connectivity index (χ1) is 7.52. The van der Waals surface area contributed by atoms with Gasteiger partial charge in [-0.25, -0.2) is 0 Å². The third-order valence-corrected chi connectivity index (χ3v) is 2.38. The number of carboxylic acid groups (broad SMARTS) is 1. The van der Waals surface area contributed by atoms with Crippen LogP contribution in [0.15, 0.2) is 12.7 Å². The molecule has 0 amide bonds. The molecular formula is C12H20O4. The lowest BCUT2D eigenvalue weighted by molar-refractivity contribution is -0.162. The Kier molecular flexibility index (Phi) is 7.25. The van der Waals surface area contributed by atoms with Crippen LogP contribution in [-0.4, -0.2) is 23.1 Å². The molecule has 2 atom stereocenters. The molecule has 16 heavy (non-hydrogen) atoms. The maximum absolute atomic E-state index is 11.5. The van der Waals surface area contributed by atoms with Crippen molar-refractivity contribution in [1.82, 2.24) is 0 Å². The molecule has 0 aromatic carbocycles. The molecule has 0 heterocycles. The fraction of sp³-hybridized carbons (Fsp3) is 0.667. The molecular weight excluding hydrogens is 208 g/mol. The predicted octanol–water partition coefficient (Wildman–Crippen LogP) is 2.39. The number of carboxylic acids is 1. The summed E-state index contributed by atoms with van der Waals surface area (Å²) in [6.07, 6.45) is 3.81.